The summed E-state index contributed by atoms with van der Waals surface area (Å²) in [5.41, 5.74) is 3.29. The van der Waals surface area contributed by atoms with Gasteiger partial charge in [0.05, 0.1) is 23.4 Å². The molecule has 1 aromatic carbocycles. The molecule has 0 saturated heterocycles. The molecule has 2 N–H and O–H groups in total. The summed E-state index contributed by atoms with van der Waals surface area (Å²) in [5, 5.41) is 7.76. The predicted octanol–water partition coefficient (Wildman–Crippen LogP) is 2.36. The van der Waals surface area contributed by atoms with Gasteiger partial charge in [0, 0.05) is 6.54 Å². The van der Waals surface area contributed by atoms with Gasteiger partial charge in [-0.15, -0.1) is 0 Å². The van der Waals surface area contributed by atoms with Crippen LogP contribution in [0, 0.1) is 0 Å². The Morgan fingerprint density at radius 3 is 2.59 bits per heavy atom. The SMILES string of the molecule is CCNC(=S)N/N=C\c1cc(Cl)c(OCC(=O)OC)c(Cl)c1. The third kappa shape index (κ3) is 6.05. The van der Waals surface area contributed by atoms with Crippen molar-refractivity contribution in [3.8, 4) is 5.75 Å². The van der Waals surface area contributed by atoms with Crippen LogP contribution in [0.2, 0.25) is 10.0 Å². The van der Waals surface area contributed by atoms with E-state index in [2.05, 4.69) is 20.6 Å². The Kier molecular flexibility index (Phi) is 7.94. The largest absolute Gasteiger partial charge is 0.479 e. The molecule has 0 aromatic heterocycles. The zero-order valence-corrected chi connectivity index (χ0v) is 14.3. The zero-order valence-electron chi connectivity index (χ0n) is 12.0. The number of rotatable bonds is 6. The molecule has 0 unspecified atom stereocenters. The molecule has 120 valence electrons. The van der Waals surface area contributed by atoms with E-state index in [1.54, 1.807) is 12.1 Å². The molecule has 0 radical (unpaired) electrons. The van der Waals surface area contributed by atoms with Gasteiger partial charge in [-0.05, 0) is 36.8 Å². The average molecular weight is 364 g/mol. The van der Waals surface area contributed by atoms with Crippen molar-refractivity contribution in [1.29, 1.82) is 0 Å². The number of carbonyl (C=O) groups excluding carboxylic acids is 1. The van der Waals surface area contributed by atoms with Crippen LogP contribution in [-0.4, -0.2) is 37.6 Å². The Bertz CT molecular complexity index is 559. The van der Waals surface area contributed by atoms with Gasteiger partial charge in [-0.3, -0.25) is 5.43 Å². The number of benzene rings is 1. The van der Waals surface area contributed by atoms with E-state index in [1.807, 2.05) is 6.92 Å². The summed E-state index contributed by atoms with van der Waals surface area (Å²) in [5.74, 6) is -0.319. The van der Waals surface area contributed by atoms with Crippen molar-refractivity contribution < 1.29 is 14.3 Å². The Labute approximate surface area is 143 Å². The number of nitrogens with one attached hydrogen (secondary N) is 2. The van der Waals surface area contributed by atoms with Gasteiger partial charge in [0.2, 0.25) is 0 Å². The van der Waals surface area contributed by atoms with E-state index in [4.69, 9.17) is 40.2 Å². The predicted molar refractivity (Wildman–Crippen MR) is 91.0 cm³/mol. The standard InChI is InChI=1S/C13H15Cl2N3O3S/c1-3-16-13(22)18-17-6-8-4-9(14)12(10(15)5-8)21-7-11(19)20-2/h4-6H,3,7H2,1-2H3,(H2,16,18,22)/b17-6-. The second-order valence-electron chi connectivity index (χ2n) is 3.91. The highest BCUT2D eigenvalue weighted by Gasteiger charge is 2.11. The number of nitrogens with zero attached hydrogens (tertiary/aromatic N) is 1. The van der Waals surface area contributed by atoms with Gasteiger partial charge in [0.15, 0.2) is 17.5 Å². The van der Waals surface area contributed by atoms with Crippen LogP contribution in [0.25, 0.3) is 0 Å². The van der Waals surface area contributed by atoms with E-state index < -0.39 is 5.97 Å². The maximum Gasteiger partial charge on any atom is 0.343 e. The van der Waals surface area contributed by atoms with Crippen molar-refractivity contribution in [3.05, 3.63) is 27.7 Å². The molecule has 1 aromatic rings. The molecule has 22 heavy (non-hydrogen) atoms. The molecule has 0 fully saturated rings. The van der Waals surface area contributed by atoms with Crippen molar-refractivity contribution in [2.75, 3.05) is 20.3 Å². The molecular formula is C13H15Cl2N3O3S. The lowest BCUT2D eigenvalue weighted by molar-refractivity contribution is -0.142. The van der Waals surface area contributed by atoms with Crippen LogP contribution < -0.4 is 15.5 Å². The van der Waals surface area contributed by atoms with Gasteiger partial charge < -0.3 is 14.8 Å². The minimum Gasteiger partial charge on any atom is -0.479 e. The van der Waals surface area contributed by atoms with Crippen molar-refractivity contribution >= 4 is 52.7 Å². The van der Waals surface area contributed by atoms with E-state index in [0.29, 0.717) is 17.2 Å². The monoisotopic (exact) mass is 363 g/mol. The Hall–Kier alpha value is -1.57. The Morgan fingerprint density at radius 1 is 1.41 bits per heavy atom. The van der Waals surface area contributed by atoms with Gasteiger partial charge in [0.25, 0.3) is 0 Å². The van der Waals surface area contributed by atoms with Crippen molar-refractivity contribution in [2.45, 2.75) is 6.92 Å². The highest BCUT2D eigenvalue weighted by Crippen LogP contribution is 2.33. The molecule has 0 aliphatic heterocycles. The van der Waals surface area contributed by atoms with Crippen LogP contribution in [0.1, 0.15) is 12.5 Å². The first-order chi connectivity index (χ1) is 10.5. The van der Waals surface area contributed by atoms with Gasteiger partial charge in [-0.1, -0.05) is 23.2 Å². The number of thiocarbonyl (C=S) groups is 1. The van der Waals surface area contributed by atoms with Gasteiger partial charge in [0.1, 0.15) is 0 Å². The number of carbonyl (C=O) groups is 1. The number of ether oxygens (including phenoxy) is 2. The molecule has 1 rings (SSSR count). The van der Waals surface area contributed by atoms with Crippen molar-refractivity contribution in [1.82, 2.24) is 10.7 Å². The highest BCUT2D eigenvalue weighted by molar-refractivity contribution is 7.80. The highest BCUT2D eigenvalue weighted by atomic mass is 35.5. The van der Waals surface area contributed by atoms with E-state index in [-0.39, 0.29) is 22.4 Å². The van der Waals surface area contributed by atoms with Crippen LogP contribution >= 0.6 is 35.4 Å². The molecule has 0 amide bonds. The smallest absolute Gasteiger partial charge is 0.343 e. The topological polar surface area (TPSA) is 72.0 Å². The molecule has 0 bridgehead atoms. The lowest BCUT2D eigenvalue weighted by Gasteiger charge is -2.09. The average Bonchev–Trinajstić information content (AvgIpc) is 2.46. The number of methoxy groups -OCH3 is 1. The summed E-state index contributed by atoms with van der Waals surface area (Å²) in [7, 11) is 1.26. The van der Waals surface area contributed by atoms with Crippen LogP contribution in [0.3, 0.4) is 0 Å². The molecule has 0 aliphatic rings. The Morgan fingerprint density at radius 2 is 2.05 bits per heavy atom. The summed E-state index contributed by atoms with van der Waals surface area (Å²) < 4.78 is 9.69. The Balaban J connectivity index is 2.74. The van der Waals surface area contributed by atoms with E-state index in [9.17, 15) is 4.79 Å². The first-order valence-electron chi connectivity index (χ1n) is 6.23. The van der Waals surface area contributed by atoms with E-state index >= 15 is 0 Å². The molecule has 0 heterocycles. The van der Waals surface area contributed by atoms with Crippen LogP contribution in [-0.2, 0) is 9.53 Å². The second kappa shape index (κ2) is 9.45. The van der Waals surface area contributed by atoms with Gasteiger partial charge in [-0.25, -0.2) is 4.79 Å². The number of hydrazone groups is 1. The molecule has 0 aliphatic carbocycles. The van der Waals surface area contributed by atoms with Crippen molar-refractivity contribution in [3.63, 3.8) is 0 Å². The summed E-state index contributed by atoms with van der Waals surface area (Å²) in [6.07, 6.45) is 1.51. The summed E-state index contributed by atoms with van der Waals surface area (Å²) in [6, 6.07) is 3.20. The van der Waals surface area contributed by atoms with Gasteiger partial charge >= 0.3 is 5.97 Å². The minimum atomic E-state index is -0.529. The molecule has 6 nitrogen and oxygen atoms in total. The maximum atomic E-state index is 11.1. The molecule has 0 atom stereocenters. The summed E-state index contributed by atoms with van der Waals surface area (Å²) in [4.78, 5) is 11.1. The second-order valence-corrected chi connectivity index (χ2v) is 5.13. The first-order valence-corrected chi connectivity index (χ1v) is 7.39. The zero-order chi connectivity index (χ0) is 16.5. The fourth-order valence-corrected chi connectivity index (χ4v) is 2.16. The summed E-state index contributed by atoms with van der Waals surface area (Å²) >= 11 is 17.1. The number of halogens is 2. The van der Waals surface area contributed by atoms with Crippen molar-refractivity contribution in [2.24, 2.45) is 5.10 Å². The first kappa shape index (κ1) is 18.5. The van der Waals surface area contributed by atoms with Crippen LogP contribution in [0.5, 0.6) is 5.75 Å². The number of hydrogen-bond donors (Lipinski definition) is 2. The van der Waals surface area contributed by atoms with E-state index in [1.165, 1.54) is 13.3 Å². The molecule has 0 spiro atoms. The molecule has 0 saturated carbocycles. The lowest BCUT2D eigenvalue weighted by atomic mass is 10.2. The molecule has 9 heteroatoms. The van der Waals surface area contributed by atoms with Gasteiger partial charge in [-0.2, -0.15) is 5.10 Å². The normalized spacial score (nSPS) is 10.4. The third-order valence-electron chi connectivity index (χ3n) is 2.30. The minimum absolute atomic E-state index is 0.210. The lowest BCUT2D eigenvalue weighted by Crippen LogP contribution is -2.31. The number of esters is 1. The fourth-order valence-electron chi connectivity index (χ4n) is 1.35. The van der Waals surface area contributed by atoms with Crippen LogP contribution in [0.4, 0.5) is 0 Å². The molecular weight excluding hydrogens is 349 g/mol. The van der Waals surface area contributed by atoms with Crippen LogP contribution in [0.15, 0.2) is 17.2 Å². The number of hydrogen-bond acceptors (Lipinski definition) is 5. The maximum absolute atomic E-state index is 11.1. The quantitative estimate of drug-likeness (QED) is 0.350. The summed E-state index contributed by atoms with van der Waals surface area (Å²) in [6.45, 7) is 2.34. The van der Waals surface area contributed by atoms with E-state index in [0.717, 1.165) is 0 Å². The fraction of sp³-hybridized carbons (Fsp3) is 0.308. The third-order valence-corrected chi connectivity index (χ3v) is 3.10.